The number of sulfonamides is 2. The largest absolute Gasteiger partial charge is 0.490 e. The standard InChI is InChI=1S/C32H30N4O10S4/c37-25(21-3-9-31(33-17-21)35-49(39,40)23-5-7-27-29(15-23)45-13-1-11-43-27)19-47-48-20-26(38)22-4-10-32(34-18-22)36-50(41,42)24-6-8-28-30(16-24)46-14-2-12-44-28/h3-10,15-18H,1-2,11-14,19-20H2,(H,33,35)(H,34,36). The summed E-state index contributed by atoms with van der Waals surface area (Å²) in [6.07, 6.45) is 3.93. The Morgan fingerprint density at radius 3 is 1.36 bits per heavy atom. The highest BCUT2D eigenvalue weighted by Gasteiger charge is 2.21. The number of carbonyl (C=O) groups excluding carboxylic acids is 2. The summed E-state index contributed by atoms with van der Waals surface area (Å²) in [5.74, 6) is 1.27. The van der Waals surface area contributed by atoms with Crippen molar-refractivity contribution >= 4 is 64.8 Å². The zero-order chi connectivity index (χ0) is 35.1. The Bertz CT molecular complexity index is 1950. The molecule has 0 saturated carbocycles. The second-order valence-electron chi connectivity index (χ2n) is 10.8. The van der Waals surface area contributed by atoms with Crippen LogP contribution in [0.15, 0.2) is 82.8 Å². The molecule has 0 spiro atoms. The first kappa shape index (κ1) is 35.3. The fourth-order valence-electron chi connectivity index (χ4n) is 4.61. The van der Waals surface area contributed by atoms with Crippen LogP contribution in [-0.2, 0) is 20.0 Å². The van der Waals surface area contributed by atoms with Crippen LogP contribution in [0.5, 0.6) is 23.0 Å². The first-order chi connectivity index (χ1) is 24.1. The van der Waals surface area contributed by atoms with Crippen molar-refractivity contribution in [2.75, 3.05) is 47.4 Å². The van der Waals surface area contributed by atoms with E-state index in [1.54, 1.807) is 12.1 Å². The predicted molar refractivity (Wildman–Crippen MR) is 188 cm³/mol. The quantitative estimate of drug-likeness (QED) is 0.107. The lowest BCUT2D eigenvalue weighted by Gasteiger charge is -2.11. The lowest BCUT2D eigenvalue weighted by molar-refractivity contribution is 0.101. The number of rotatable bonds is 13. The normalized spacial score (nSPS) is 14.2. The van der Waals surface area contributed by atoms with Gasteiger partial charge in [0.2, 0.25) is 0 Å². The Labute approximate surface area is 296 Å². The summed E-state index contributed by atoms with van der Waals surface area (Å²) in [4.78, 5) is 33.5. The highest BCUT2D eigenvalue weighted by atomic mass is 33.1. The number of ketones is 2. The molecule has 18 heteroatoms. The zero-order valence-electron chi connectivity index (χ0n) is 26.2. The van der Waals surface area contributed by atoms with Crippen LogP contribution in [0.2, 0.25) is 0 Å². The van der Waals surface area contributed by atoms with Crippen molar-refractivity contribution in [3.63, 3.8) is 0 Å². The van der Waals surface area contributed by atoms with Gasteiger partial charge in [-0.25, -0.2) is 26.8 Å². The van der Waals surface area contributed by atoms with Crippen LogP contribution < -0.4 is 28.4 Å². The smallest absolute Gasteiger partial charge is 0.263 e. The number of aromatic nitrogens is 2. The predicted octanol–water partition coefficient (Wildman–Crippen LogP) is 4.85. The summed E-state index contributed by atoms with van der Waals surface area (Å²) < 4.78 is 78.7. The van der Waals surface area contributed by atoms with Crippen LogP contribution in [0, 0.1) is 0 Å². The minimum Gasteiger partial charge on any atom is -0.490 e. The van der Waals surface area contributed by atoms with Gasteiger partial charge in [-0.3, -0.25) is 19.0 Å². The lowest BCUT2D eigenvalue weighted by Crippen LogP contribution is -2.14. The zero-order valence-corrected chi connectivity index (χ0v) is 29.5. The van der Waals surface area contributed by atoms with Gasteiger partial charge in [-0.15, -0.1) is 0 Å². The van der Waals surface area contributed by atoms with E-state index >= 15 is 0 Å². The highest BCUT2D eigenvalue weighted by molar-refractivity contribution is 8.77. The van der Waals surface area contributed by atoms with Gasteiger partial charge in [0.25, 0.3) is 20.0 Å². The molecule has 0 aliphatic carbocycles. The maximum atomic E-state index is 12.9. The second kappa shape index (κ2) is 15.6. The van der Waals surface area contributed by atoms with Gasteiger partial charge < -0.3 is 18.9 Å². The maximum absolute atomic E-state index is 12.9. The van der Waals surface area contributed by atoms with E-state index in [1.165, 1.54) is 82.5 Å². The third-order valence-electron chi connectivity index (χ3n) is 7.17. The van der Waals surface area contributed by atoms with E-state index in [-0.39, 0.29) is 55.6 Å². The number of anilines is 2. The van der Waals surface area contributed by atoms with E-state index in [0.717, 1.165) is 0 Å². The summed E-state index contributed by atoms with van der Waals surface area (Å²) in [7, 11) is -5.61. The molecule has 0 fully saturated rings. The van der Waals surface area contributed by atoms with Gasteiger partial charge in [0.05, 0.1) is 47.7 Å². The Morgan fingerprint density at radius 2 is 0.980 bits per heavy atom. The van der Waals surface area contributed by atoms with Crippen LogP contribution in [0.4, 0.5) is 11.6 Å². The van der Waals surface area contributed by atoms with Gasteiger partial charge in [-0.05, 0) is 48.5 Å². The van der Waals surface area contributed by atoms with Crippen molar-refractivity contribution in [3.05, 3.63) is 84.2 Å². The minimum atomic E-state index is -3.98. The second-order valence-corrected chi connectivity index (χ2v) is 16.6. The van der Waals surface area contributed by atoms with Crippen molar-refractivity contribution in [2.24, 2.45) is 0 Å². The van der Waals surface area contributed by atoms with Gasteiger partial charge in [0, 0.05) is 48.5 Å². The molecule has 6 rings (SSSR count). The van der Waals surface area contributed by atoms with Crippen LogP contribution in [0.1, 0.15) is 33.6 Å². The number of carbonyl (C=O) groups is 2. The summed E-state index contributed by atoms with van der Waals surface area (Å²) in [6, 6.07) is 14.4. The van der Waals surface area contributed by atoms with E-state index < -0.39 is 20.0 Å². The third kappa shape index (κ3) is 8.79. The monoisotopic (exact) mass is 758 g/mol. The Morgan fingerprint density at radius 1 is 0.580 bits per heavy atom. The van der Waals surface area contributed by atoms with E-state index in [4.69, 9.17) is 18.9 Å². The average molecular weight is 759 g/mol. The highest BCUT2D eigenvalue weighted by Crippen LogP contribution is 2.34. The molecule has 2 N–H and O–H groups in total. The molecule has 0 radical (unpaired) electrons. The molecule has 0 unspecified atom stereocenters. The lowest BCUT2D eigenvalue weighted by atomic mass is 10.2. The fraction of sp³-hybridized carbons (Fsp3) is 0.250. The number of Topliss-reactive ketones (excluding diaryl/α,β-unsaturated/α-hetero) is 2. The van der Waals surface area contributed by atoms with E-state index in [9.17, 15) is 26.4 Å². The van der Waals surface area contributed by atoms with Crippen molar-refractivity contribution < 1.29 is 45.4 Å². The number of nitrogens with one attached hydrogen (secondary N) is 2. The molecule has 0 bridgehead atoms. The molecule has 4 aromatic rings. The molecule has 262 valence electrons. The minimum absolute atomic E-state index is 0.0220. The van der Waals surface area contributed by atoms with Gasteiger partial charge in [0.1, 0.15) is 11.6 Å². The average Bonchev–Trinajstić information content (AvgIpc) is 3.50. The molecule has 2 aromatic heterocycles. The van der Waals surface area contributed by atoms with Crippen molar-refractivity contribution in [1.82, 2.24) is 9.97 Å². The first-order valence-corrected chi connectivity index (χ1v) is 20.6. The molecular weight excluding hydrogens is 729 g/mol. The molecule has 0 atom stereocenters. The summed E-state index contributed by atoms with van der Waals surface area (Å²) >= 11 is 0. The number of fused-ring (bicyclic) bond motifs is 2. The van der Waals surface area contributed by atoms with E-state index in [2.05, 4.69) is 19.4 Å². The van der Waals surface area contributed by atoms with Gasteiger partial charge in [-0.1, -0.05) is 21.6 Å². The van der Waals surface area contributed by atoms with Crippen LogP contribution in [-0.4, -0.2) is 76.3 Å². The van der Waals surface area contributed by atoms with Crippen LogP contribution in [0.25, 0.3) is 0 Å². The number of pyridine rings is 2. The van der Waals surface area contributed by atoms with Gasteiger partial charge in [0.15, 0.2) is 34.6 Å². The molecule has 4 heterocycles. The third-order valence-corrected chi connectivity index (χ3v) is 12.0. The van der Waals surface area contributed by atoms with Crippen LogP contribution >= 0.6 is 21.6 Å². The summed E-state index contributed by atoms with van der Waals surface area (Å²) in [6.45, 7) is 1.79. The van der Waals surface area contributed by atoms with Gasteiger partial charge >= 0.3 is 0 Å². The van der Waals surface area contributed by atoms with Crippen molar-refractivity contribution in [3.8, 4) is 23.0 Å². The molecule has 2 aliphatic rings. The number of hydrogen-bond donors (Lipinski definition) is 2. The molecule has 14 nitrogen and oxygen atoms in total. The molecule has 2 aliphatic heterocycles. The molecular formula is C32H30N4O10S4. The Hall–Kier alpha value is -4.52. The Kier molecular flexibility index (Phi) is 11.0. The van der Waals surface area contributed by atoms with E-state index in [1.807, 2.05) is 0 Å². The first-order valence-electron chi connectivity index (χ1n) is 15.2. The maximum Gasteiger partial charge on any atom is 0.263 e. The SMILES string of the molecule is O=C(CSSCC(=O)c1ccc(NS(=O)(=O)c2ccc3c(c2)OCCCO3)nc1)c1ccc(NS(=O)(=O)c2ccc3c(c2)OCCCO3)nc1. The number of hydrogen-bond acceptors (Lipinski definition) is 14. The summed E-state index contributed by atoms with van der Waals surface area (Å²) in [5, 5.41) is 0. The fourth-order valence-corrected chi connectivity index (χ4v) is 8.51. The topological polar surface area (TPSA) is 189 Å². The van der Waals surface area contributed by atoms with E-state index in [0.29, 0.717) is 62.3 Å². The number of ether oxygens (including phenoxy) is 4. The molecule has 50 heavy (non-hydrogen) atoms. The molecule has 0 amide bonds. The Balaban J connectivity index is 0.955. The van der Waals surface area contributed by atoms with Crippen LogP contribution in [0.3, 0.4) is 0 Å². The summed E-state index contributed by atoms with van der Waals surface area (Å²) in [5.41, 5.74) is 0.550. The number of nitrogens with zero attached hydrogens (tertiary/aromatic N) is 2. The van der Waals surface area contributed by atoms with Crippen molar-refractivity contribution in [2.45, 2.75) is 22.6 Å². The number of benzene rings is 2. The van der Waals surface area contributed by atoms with Gasteiger partial charge in [-0.2, -0.15) is 0 Å². The molecule has 0 saturated heterocycles. The molecule has 2 aromatic carbocycles. The van der Waals surface area contributed by atoms with Crippen molar-refractivity contribution in [1.29, 1.82) is 0 Å².